The van der Waals surface area contributed by atoms with Crippen molar-refractivity contribution in [1.82, 2.24) is 15.0 Å². The van der Waals surface area contributed by atoms with E-state index in [4.69, 9.17) is 23.2 Å². The van der Waals surface area contributed by atoms with Crippen LogP contribution in [0.2, 0.25) is 10.6 Å². The lowest BCUT2D eigenvalue weighted by atomic mass is 10.0. The molecule has 0 radical (unpaired) electrons. The summed E-state index contributed by atoms with van der Waals surface area (Å²) in [5, 5.41) is 0.294. The molecule has 0 saturated carbocycles. The Morgan fingerprint density at radius 3 is 1.32 bits per heavy atom. The number of aromatic nitrogens is 3. The van der Waals surface area contributed by atoms with E-state index in [0.717, 1.165) is 13.0 Å². The third kappa shape index (κ3) is 13.5. The van der Waals surface area contributed by atoms with E-state index in [-0.39, 0.29) is 10.6 Å². The van der Waals surface area contributed by atoms with Gasteiger partial charge in [-0.25, -0.2) is 0 Å². The quantitative estimate of drug-likeness (QED) is 0.222. The fourth-order valence-electron chi connectivity index (χ4n) is 3.48. The molecule has 0 saturated heterocycles. The first kappa shape index (κ1) is 25.4. The van der Waals surface area contributed by atoms with Gasteiger partial charge in [0.15, 0.2) is 0 Å². The van der Waals surface area contributed by atoms with E-state index in [2.05, 4.69) is 21.9 Å². The first-order valence-corrected chi connectivity index (χ1v) is 12.2. The van der Waals surface area contributed by atoms with Crippen LogP contribution in [0.5, 0.6) is 0 Å². The minimum Gasteiger partial charge on any atom is -0.344 e. The molecule has 0 atom stereocenters. The van der Waals surface area contributed by atoms with Gasteiger partial charge in [0.05, 0.1) is 0 Å². The molecule has 162 valence electrons. The Bertz CT molecular complexity index is 479. The van der Waals surface area contributed by atoms with Gasteiger partial charge in [0.2, 0.25) is 16.5 Å². The van der Waals surface area contributed by atoms with E-state index in [1.807, 2.05) is 11.9 Å². The van der Waals surface area contributed by atoms with Crippen LogP contribution in [0.4, 0.5) is 5.95 Å². The van der Waals surface area contributed by atoms with E-state index in [9.17, 15) is 0 Å². The Hall–Kier alpha value is -0.610. The molecule has 0 spiro atoms. The summed E-state index contributed by atoms with van der Waals surface area (Å²) in [6, 6.07) is 0. The van der Waals surface area contributed by atoms with Crippen molar-refractivity contribution in [3.63, 3.8) is 0 Å². The zero-order chi connectivity index (χ0) is 20.5. The molecule has 6 heteroatoms. The molecular weight excluding hydrogens is 391 g/mol. The normalized spacial score (nSPS) is 11.1. The molecule has 0 bridgehead atoms. The lowest BCUT2D eigenvalue weighted by Gasteiger charge is -2.16. The van der Waals surface area contributed by atoms with E-state index < -0.39 is 0 Å². The predicted molar refractivity (Wildman–Crippen MR) is 123 cm³/mol. The maximum absolute atomic E-state index is 5.82. The average Bonchev–Trinajstić information content (AvgIpc) is 2.66. The number of unbranched alkanes of at least 4 members (excludes halogenated alkanes) is 15. The number of anilines is 1. The molecule has 1 aromatic rings. The van der Waals surface area contributed by atoms with Crippen molar-refractivity contribution in [2.24, 2.45) is 0 Å². The summed E-state index contributed by atoms with van der Waals surface area (Å²) in [4.78, 5) is 14.0. The number of halogens is 2. The first-order chi connectivity index (χ1) is 13.6. The Morgan fingerprint density at radius 1 is 0.571 bits per heavy atom. The van der Waals surface area contributed by atoms with Gasteiger partial charge in [-0.15, -0.1) is 0 Å². The highest BCUT2D eigenvalue weighted by Crippen LogP contribution is 2.15. The van der Waals surface area contributed by atoms with E-state index >= 15 is 0 Å². The van der Waals surface area contributed by atoms with Crippen LogP contribution >= 0.6 is 23.2 Å². The minimum absolute atomic E-state index is 0.147. The number of nitrogens with zero attached hydrogens (tertiary/aromatic N) is 4. The molecule has 0 amide bonds. The summed E-state index contributed by atoms with van der Waals surface area (Å²) in [6.07, 6.45) is 22.1. The molecule has 0 aromatic carbocycles. The van der Waals surface area contributed by atoms with Crippen LogP contribution in [0.1, 0.15) is 110 Å². The topological polar surface area (TPSA) is 41.9 Å². The smallest absolute Gasteiger partial charge is 0.230 e. The van der Waals surface area contributed by atoms with E-state index in [0.29, 0.717) is 5.95 Å². The summed E-state index contributed by atoms with van der Waals surface area (Å²) < 4.78 is 0. The lowest BCUT2D eigenvalue weighted by Crippen LogP contribution is -2.21. The van der Waals surface area contributed by atoms with Crippen LogP contribution in [-0.2, 0) is 0 Å². The molecule has 0 aliphatic heterocycles. The van der Waals surface area contributed by atoms with Crippen LogP contribution in [0.3, 0.4) is 0 Å². The minimum atomic E-state index is 0.147. The fourth-order valence-corrected chi connectivity index (χ4v) is 3.84. The van der Waals surface area contributed by atoms with Crippen molar-refractivity contribution in [2.45, 2.75) is 110 Å². The van der Waals surface area contributed by atoms with Crippen molar-refractivity contribution >= 4 is 29.2 Å². The van der Waals surface area contributed by atoms with Crippen molar-refractivity contribution in [3.8, 4) is 0 Å². The summed E-state index contributed by atoms with van der Waals surface area (Å²) >= 11 is 11.6. The van der Waals surface area contributed by atoms with Crippen LogP contribution in [0.15, 0.2) is 0 Å². The van der Waals surface area contributed by atoms with E-state index in [1.165, 1.54) is 96.3 Å². The molecule has 0 N–H and O–H groups in total. The van der Waals surface area contributed by atoms with Gasteiger partial charge in [-0.2, -0.15) is 15.0 Å². The predicted octanol–water partition coefficient (Wildman–Crippen LogP) is 7.88. The van der Waals surface area contributed by atoms with E-state index in [1.54, 1.807) is 0 Å². The largest absolute Gasteiger partial charge is 0.344 e. The van der Waals surface area contributed by atoms with Gasteiger partial charge in [0, 0.05) is 13.6 Å². The Kier molecular flexibility index (Phi) is 15.7. The molecule has 4 nitrogen and oxygen atoms in total. The zero-order valence-corrected chi connectivity index (χ0v) is 19.6. The van der Waals surface area contributed by atoms with Gasteiger partial charge < -0.3 is 4.90 Å². The maximum atomic E-state index is 5.82. The Morgan fingerprint density at radius 2 is 0.929 bits per heavy atom. The fraction of sp³-hybridized carbons (Fsp3) is 0.864. The average molecular weight is 431 g/mol. The summed E-state index contributed by atoms with van der Waals surface area (Å²) in [6.45, 7) is 3.20. The van der Waals surface area contributed by atoms with Gasteiger partial charge in [-0.1, -0.05) is 103 Å². The van der Waals surface area contributed by atoms with Crippen molar-refractivity contribution in [1.29, 1.82) is 0 Å². The molecule has 1 rings (SSSR count). The summed E-state index contributed by atoms with van der Waals surface area (Å²) in [5.41, 5.74) is 0. The highest BCUT2D eigenvalue weighted by atomic mass is 35.5. The third-order valence-corrected chi connectivity index (χ3v) is 5.60. The van der Waals surface area contributed by atoms with Crippen LogP contribution < -0.4 is 4.90 Å². The molecule has 0 aliphatic rings. The zero-order valence-electron chi connectivity index (χ0n) is 18.1. The molecular formula is C22H40Cl2N4. The standard InChI is InChI=1S/C22H40Cl2N4/c1-3-4-5-6-7-8-9-10-11-12-13-14-15-16-17-18-19-28(2)22-26-20(23)25-21(24)27-22/h3-19H2,1-2H3. The second-order valence-electron chi connectivity index (χ2n) is 7.90. The second-order valence-corrected chi connectivity index (χ2v) is 8.57. The van der Waals surface area contributed by atoms with Gasteiger partial charge in [0.1, 0.15) is 0 Å². The van der Waals surface area contributed by atoms with Gasteiger partial charge in [-0.05, 0) is 29.6 Å². The van der Waals surface area contributed by atoms with Crippen molar-refractivity contribution in [2.75, 3.05) is 18.5 Å². The number of rotatable bonds is 18. The first-order valence-electron chi connectivity index (χ1n) is 11.4. The Balaban J connectivity index is 1.85. The molecule has 1 aromatic heterocycles. The third-order valence-electron chi connectivity index (χ3n) is 5.26. The summed E-state index contributed by atoms with van der Waals surface area (Å²) in [7, 11) is 1.97. The molecule has 0 aliphatic carbocycles. The number of hydrogen-bond donors (Lipinski definition) is 0. The van der Waals surface area contributed by atoms with Crippen molar-refractivity contribution in [3.05, 3.63) is 10.6 Å². The Labute approximate surface area is 182 Å². The molecule has 1 heterocycles. The monoisotopic (exact) mass is 430 g/mol. The highest BCUT2D eigenvalue weighted by molar-refractivity contribution is 6.31. The van der Waals surface area contributed by atoms with Gasteiger partial charge in [0.25, 0.3) is 0 Å². The molecule has 28 heavy (non-hydrogen) atoms. The lowest BCUT2D eigenvalue weighted by molar-refractivity contribution is 0.529. The van der Waals surface area contributed by atoms with Gasteiger partial charge >= 0.3 is 0 Å². The summed E-state index contributed by atoms with van der Waals surface area (Å²) in [5.74, 6) is 0.547. The van der Waals surface area contributed by atoms with Gasteiger partial charge in [-0.3, -0.25) is 0 Å². The second kappa shape index (κ2) is 17.3. The number of hydrogen-bond acceptors (Lipinski definition) is 4. The SMILES string of the molecule is CCCCCCCCCCCCCCCCCCN(C)c1nc(Cl)nc(Cl)n1. The molecule has 0 fully saturated rings. The highest BCUT2D eigenvalue weighted by Gasteiger charge is 2.07. The molecule has 0 unspecified atom stereocenters. The van der Waals surface area contributed by atoms with Crippen LogP contribution in [0, 0.1) is 0 Å². The van der Waals surface area contributed by atoms with Crippen molar-refractivity contribution < 1.29 is 0 Å². The van der Waals surface area contributed by atoms with Crippen LogP contribution in [-0.4, -0.2) is 28.5 Å². The van der Waals surface area contributed by atoms with Crippen LogP contribution in [0.25, 0.3) is 0 Å². The maximum Gasteiger partial charge on any atom is 0.230 e.